The van der Waals surface area contributed by atoms with Crippen LogP contribution in [0.2, 0.25) is 0 Å². The van der Waals surface area contributed by atoms with E-state index >= 15 is 0 Å². The van der Waals surface area contributed by atoms with E-state index in [1.165, 1.54) is 6.92 Å². The average molecular weight is 455 g/mol. The van der Waals surface area contributed by atoms with Gasteiger partial charge in [-0.25, -0.2) is 4.79 Å². The number of ether oxygens (including phenoxy) is 2. The zero-order chi connectivity index (χ0) is 23.4. The molecule has 0 aliphatic carbocycles. The molecule has 4 rings (SSSR count). The summed E-state index contributed by atoms with van der Waals surface area (Å²) in [6.45, 7) is 8.66. The topological polar surface area (TPSA) is 97.6 Å². The lowest BCUT2D eigenvalue weighted by atomic mass is 9.93. The fraction of sp³-hybridized carbons (Fsp3) is 0.500. The van der Waals surface area contributed by atoms with Crippen LogP contribution in [-0.2, 0) is 11.4 Å². The van der Waals surface area contributed by atoms with Crippen molar-refractivity contribution in [2.45, 2.75) is 52.0 Å². The van der Waals surface area contributed by atoms with Crippen molar-refractivity contribution in [2.24, 2.45) is 0 Å². The van der Waals surface area contributed by atoms with Crippen molar-refractivity contribution >= 4 is 5.97 Å². The molecule has 0 atom stereocenters. The molecule has 12 heteroatoms. The van der Waals surface area contributed by atoms with Gasteiger partial charge in [0.25, 0.3) is 0 Å². The van der Waals surface area contributed by atoms with Crippen LogP contribution in [0.3, 0.4) is 0 Å². The van der Waals surface area contributed by atoms with Gasteiger partial charge in [-0.15, -0.1) is 0 Å². The highest BCUT2D eigenvalue weighted by atomic mass is 19.4. The third kappa shape index (κ3) is 3.78. The predicted molar refractivity (Wildman–Crippen MR) is 104 cm³/mol. The number of aromatic nitrogens is 3. The lowest BCUT2D eigenvalue weighted by Gasteiger charge is -2.40. The number of nitrogens with zero attached hydrogens (tertiary/aromatic N) is 3. The molecule has 3 heterocycles. The number of carbonyl (C=O) groups excluding carboxylic acids is 1. The smallest absolute Gasteiger partial charge is 0.485 e. The third-order valence-electron chi connectivity index (χ3n) is 5.42. The van der Waals surface area contributed by atoms with Crippen LogP contribution in [0.25, 0.3) is 11.1 Å². The molecule has 2 aromatic rings. The molecule has 0 radical (unpaired) electrons. The van der Waals surface area contributed by atoms with Crippen molar-refractivity contribution in [3.8, 4) is 22.6 Å². The summed E-state index contributed by atoms with van der Waals surface area (Å²) in [5.74, 6) is -1.31. The molecule has 0 unspecified atom stereocenters. The molecule has 32 heavy (non-hydrogen) atoms. The number of benzene rings is 1. The van der Waals surface area contributed by atoms with Crippen molar-refractivity contribution in [1.29, 1.82) is 0 Å². The second kappa shape index (κ2) is 7.47. The summed E-state index contributed by atoms with van der Waals surface area (Å²) < 4.78 is 49.7. The lowest BCUT2D eigenvalue weighted by molar-refractivity contribution is -0.646. The van der Waals surface area contributed by atoms with E-state index in [0.29, 0.717) is 35.7 Å². The van der Waals surface area contributed by atoms with Gasteiger partial charge in [-0.1, -0.05) is 13.8 Å². The van der Waals surface area contributed by atoms with E-state index in [0.717, 1.165) is 5.56 Å². The lowest BCUT2D eigenvalue weighted by Crippen LogP contribution is -2.61. The van der Waals surface area contributed by atoms with Gasteiger partial charge >= 0.3 is 12.1 Å². The first-order valence-electron chi connectivity index (χ1n) is 9.95. The van der Waals surface area contributed by atoms with E-state index < -0.39 is 12.1 Å². The maximum Gasteiger partial charge on any atom is 0.493 e. The molecule has 1 aromatic heterocycles. The van der Waals surface area contributed by atoms with Crippen LogP contribution in [-0.4, -0.2) is 40.9 Å². The minimum atomic E-state index is -5.28. The van der Waals surface area contributed by atoms with E-state index in [2.05, 4.69) is 15.3 Å². The van der Waals surface area contributed by atoms with Gasteiger partial charge < -0.3 is 14.8 Å². The van der Waals surface area contributed by atoms with Gasteiger partial charge in [0, 0.05) is 31.1 Å². The fourth-order valence-corrected chi connectivity index (χ4v) is 3.65. The summed E-state index contributed by atoms with van der Waals surface area (Å²) in [6, 6.07) is 3.60. The highest BCUT2D eigenvalue weighted by Crippen LogP contribution is 2.44. The van der Waals surface area contributed by atoms with Gasteiger partial charge in [-0.05, 0) is 29.9 Å². The summed E-state index contributed by atoms with van der Waals surface area (Å²) in [6.07, 6.45) is -5.28. The highest BCUT2D eigenvalue weighted by Gasteiger charge is 2.44. The molecule has 2 aliphatic heterocycles. The molecular weight excluding hydrogens is 433 g/mol. The molecule has 1 N–H and O–H groups in total. The Kier molecular flexibility index (Phi) is 5.15. The quantitative estimate of drug-likeness (QED) is 0.705. The minimum Gasteiger partial charge on any atom is -0.485 e. The summed E-state index contributed by atoms with van der Waals surface area (Å²) in [5.41, 5.74) is 1.59. The Morgan fingerprint density at radius 1 is 1.34 bits per heavy atom. The number of alkyl halides is 3. The number of nitrogens with one attached hydrogen (secondary N) is 1. The Balaban J connectivity index is 1.81. The number of hydrogen-bond donors (Lipinski definition) is 1. The Morgan fingerprint density at radius 3 is 2.59 bits per heavy atom. The van der Waals surface area contributed by atoms with Crippen LogP contribution >= 0.6 is 0 Å². The maximum atomic E-state index is 12.5. The van der Waals surface area contributed by atoms with Gasteiger partial charge in [0.1, 0.15) is 21.6 Å². The molecule has 0 bridgehead atoms. The molecule has 9 nitrogen and oxygen atoms in total. The van der Waals surface area contributed by atoms with Crippen LogP contribution in [0.15, 0.2) is 12.1 Å². The van der Waals surface area contributed by atoms with Gasteiger partial charge in [-0.2, -0.15) is 13.2 Å². The number of rotatable bonds is 4. The standard InChI is InChI=1S/C20H22F3N4O5/c1-10(2)12-5-15-13(6-16(12)31-19(4)8-24-9-19)17-11(3)26(29)27(25-14(17)7-30-15)32-18(28)20(21,22)23/h5-6,10,24H,7-9H2,1-4H3/q+1. The van der Waals surface area contributed by atoms with Crippen molar-refractivity contribution < 1.29 is 36.8 Å². The number of fused-ring (bicyclic) bond motifs is 3. The molecule has 1 saturated heterocycles. The third-order valence-corrected chi connectivity index (χ3v) is 5.42. The minimum absolute atomic E-state index is 0.00528. The molecular formula is C20H22F3N4O5+. The zero-order valence-corrected chi connectivity index (χ0v) is 17.9. The van der Waals surface area contributed by atoms with E-state index in [-0.39, 0.29) is 39.0 Å². The van der Waals surface area contributed by atoms with Gasteiger partial charge in [-0.3, -0.25) is 4.84 Å². The Labute approximate surface area is 180 Å². The Morgan fingerprint density at radius 2 is 2.03 bits per heavy atom. The molecule has 2 aliphatic rings. The molecule has 0 spiro atoms. The Hall–Kier alpha value is -3.15. The predicted octanol–water partition coefficient (Wildman–Crippen LogP) is 2.05. The van der Waals surface area contributed by atoms with E-state index in [9.17, 15) is 22.9 Å². The SMILES string of the molecule is Cc1c2c(nn(OC(=O)C(F)(F)F)[n+]1=O)COc1cc(C(C)C)c(OC3(C)CNC3)cc1-2. The summed E-state index contributed by atoms with van der Waals surface area (Å²) in [4.78, 5) is 27.8. The first-order chi connectivity index (χ1) is 14.9. The van der Waals surface area contributed by atoms with Crippen molar-refractivity contribution in [3.63, 3.8) is 0 Å². The van der Waals surface area contributed by atoms with Gasteiger partial charge in [0.05, 0.1) is 10.7 Å². The van der Waals surface area contributed by atoms with Gasteiger partial charge in [0.2, 0.25) is 10.7 Å². The van der Waals surface area contributed by atoms with Crippen LogP contribution in [0.4, 0.5) is 13.2 Å². The van der Waals surface area contributed by atoms with Crippen molar-refractivity contribution in [1.82, 2.24) is 15.4 Å². The van der Waals surface area contributed by atoms with Gasteiger partial charge in [0.15, 0.2) is 12.3 Å². The first kappa shape index (κ1) is 22.1. The monoisotopic (exact) mass is 455 g/mol. The van der Waals surface area contributed by atoms with E-state index in [1.54, 1.807) is 6.07 Å². The maximum absolute atomic E-state index is 12.5. The van der Waals surface area contributed by atoms with Crippen LogP contribution in [0.1, 0.15) is 43.6 Å². The zero-order valence-electron chi connectivity index (χ0n) is 17.9. The Bertz CT molecular complexity index is 1160. The molecule has 0 amide bonds. The van der Waals surface area contributed by atoms with Crippen molar-refractivity contribution in [3.05, 3.63) is 34.0 Å². The van der Waals surface area contributed by atoms with Crippen LogP contribution in [0.5, 0.6) is 11.5 Å². The molecule has 0 saturated carbocycles. The van der Waals surface area contributed by atoms with E-state index in [4.69, 9.17) is 9.47 Å². The van der Waals surface area contributed by atoms with E-state index in [1.807, 2.05) is 26.8 Å². The second-order valence-electron chi connectivity index (χ2n) is 8.39. The van der Waals surface area contributed by atoms with Crippen LogP contribution < -0.4 is 24.2 Å². The normalized spacial score (nSPS) is 16.5. The highest BCUT2D eigenvalue weighted by molar-refractivity contribution is 5.77. The number of hydrogen-bond acceptors (Lipinski definition) is 7. The second-order valence-corrected chi connectivity index (χ2v) is 8.39. The van der Waals surface area contributed by atoms with Crippen LogP contribution in [0, 0.1) is 11.8 Å². The number of carbonyl (C=O) groups is 1. The summed E-state index contributed by atoms with van der Waals surface area (Å²) in [7, 11) is 0. The average Bonchev–Trinajstić information content (AvgIpc) is 2.68. The largest absolute Gasteiger partial charge is 0.493 e. The molecule has 1 aromatic carbocycles. The molecule has 172 valence electrons. The summed E-state index contributed by atoms with van der Waals surface area (Å²) >= 11 is 0. The summed E-state index contributed by atoms with van der Waals surface area (Å²) in [5, 5.41) is 6.93. The first-order valence-corrected chi connectivity index (χ1v) is 9.95. The number of halogens is 3. The molecule has 1 fully saturated rings. The van der Waals surface area contributed by atoms with Crippen molar-refractivity contribution in [2.75, 3.05) is 13.1 Å². The fourth-order valence-electron chi connectivity index (χ4n) is 3.65.